The lowest BCUT2D eigenvalue weighted by molar-refractivity contribution is -0.122. The Morgan fingerprint density at radius 1 is 1.70 bits per heavy atom. The van der Waals surface area contributed by atoms with Gasteiger partial charge in [0.25, 0.3) is 0 Å². The molecule has 1 aliphatic heterocycles. The summed E-state index contributed by atoms with van der Waals surface area (Å²) in [5.74, 6) is 0.564. The van der Waals surface area contributed by atoms with Crippen molar-refractivity contribution in [3.63, 3.8) is 0 Å². The summed E-state index contributed by atoms with van der Waals surface area (Å²) < 4.78 is 0. The minimum atomic E-state index is 0.259. The molecule has 1 aliphatic rings. The number of carbonyl (C=O) groups excluding carboxylic acids is 1. The van der Waals surface area contributed by atoms with Gasteiger partial charge in [0.15, 0.2) is 0 Å². The molecule has 2 atom stereocenters. The van der Waals surface area contributed by atoms with Crippen LogP contribution in [0.2, 0.25) is 0 Å². The van der Waals surface area contributed by atoms with Crippen LogP contribution >= 0.6 is 0 Å². The molecule has 10 heavy (non-hydrogen) atoms. The largest absolute Gasteiger partial charge is 0.353 e. The summed E-state index contributed by atoms with van der Waals surface area (Å²) in [6, 6.07) is 0.407. The van der Waals surface area contributed by atoms with Gasteiger partial charge in [-0.05, 0) is 19.8 Å². The molecule has 0 aromatic carbocycles. The van der Waals surface area contributed by atoms with Crippen molar-refractivity contribution >= 4 is 5.91 Å². The van der Waals surface area contributed by atoms with Gasteiger partial charge >= 0.3 is 0 Å². The lowest BCUT2D eigenvalue weighted by Gasteiger charge is -2.01. The second-order valence-electron chi connectivity index (χ2n) is 3.13. The standard InChI is InChI=1S/C8H15NO/c1-3-4-7-5-6(2)9-8(7)10/h6-7H,3-5H2,1-2H3,(H,9,10). The van der Waals surface area contributed by atoms with Crippen molar-refractivity contribution in [2.24, 2.45) is 5.92 Å². The van der Waals surface area contributed by atoms with E-state index in [-0.39, 0.29) is 5.91 Å². The lowest BCUT2D eigenvalue weighted by atomic mass is 10.0. The summed E-state index contributed by atoms with van der Waals surface area (Å²) in [7, 11) is 0. The maximum Gasteiger partial charge on any atom is 0.223 e. The Labute approximate surface area is 62.0 Å². The molecule has 0 saturated carbocycles. The third-order valence-corrected chi connectivity index (χ3v) is 2.03. The van der Waals surface area contributed by atoms with Crippen LogP contribution in [0.15, 0.2) is 0 Å². The van der Waals surface area contributed by atoms with Gasteiger partial charge in [-0.25, -0.2) is 0 Å². The normalized spacial score (nSPS) is 32.4. The number of amides is 1. The highest BCUT2D eigenvalue weighted by Gasteiger charge is 2.27. The van der Waals surface area contributed by atoms with E-state index in [2.05, 4.69) is 19.2 Å². The molecule has 2 nitrogen and oxygen atoms in total. The molecule has 0 spiro atoms. The molecule has 1 N–H and O–H groups in total. The van der Waals surface area contributed by atoms with Crippen molar-refractivity contribution in [1.82, 2.24) is 5.32 Å². The van der Waals surface area contributed by atoms with Gasteiger partial charge in [-0.1, -0.05) is 13.3 Å². The quantitative estimate of drug-likeness (QED) is 0.617. The van der Waals surface area contributed by atoms with Crippen LogP contribution in [-0.4, -0.2) is 11.9 Å². The Kier molecular flexibility index (Phi) is 2.30. The highest BCUT2D eigenvalue weighted by atomic mass is 16.2. The van der Waals surface area contributed by atoms with Crippen molar-refractivity contribution in [3.05, 3.63) is 0 Å². The van der Waals surface area contributed by atoms with Gasteiger partial charge in [0, 0.05) is 12.0 Å². The Morgan fingerprint density at radius 2 is 2.40 bits per heavy atom. The molecule has 1 amide bonds. The zero-order chi connectivity index (χ0) is 7.56. The highest BCUT2D eigenvalue weighted by Crippen LogP contribution is 2.19. The summed E-state index contributed by atoms with van der Waals surface area (Å²) in [4.78, 5) is 11.1. The summed E-state index contributed by atoms with van der Waals surface area (Å²) in [6.45, 7) is 4.18. The minimum Gasteiger partial charge on any atom is -0.353 e. The molecule has 1 saturated heterocycles. The van der Waals surface area contributed by atoms with Crippen LogP contribution < -0.4 is 5.32 Å². The molecular weight excluding hydrogens is 126 g/mol. The molecule has 0 aromatic heterocycles. The van der Waals surface area contributed by atoms with Crippen LogP contribution in [0, 0.1) is 5.92 Å². The lowest BCUT2D eigenvalue weighted by Crippen LogP contribution is -2.23. The SMILES string of the molecule is CCCC1CC(C)NC1=O. The number of carbonyl (C=O) groups is 1. The van der Waals surface area contributed by atoms with E-state index in [1.54, 1.807) is 0 Å². The Morgan fingerprint density at radius 3 is 2.80 bits per heavy atom. The summed E-state index contributed by atoms with van der Waals surface area (Å²) in [5.41, 5.74) is 0. The highest BCUT2D eigenvalue weighted by molar-refractivity contribution is 5.81. The van der Waals surface area contributed by atoms with Crippen molar-refractivity contribution in [3.8, 4) is 0 Å². The molecule has 0 radical (unpaired) electrons. The zero-order valence-electron chi connectivity index (χ0n) is 6.68. The average molecular weight is 141 g/mol. The van der Waals surface area contributed by atoms with Gasteiger partial charge in [0.1, 0.15) is 0 Å². The zero-order valence-corrected chi connectivity index (χ0v) is 6.68. The first kappa shape index (κ1) is 7.58. The summed E-state index contributed by atoms with van der Waals surface area (Å²) in [6.07, 6.45) is 3.20. The van der Waals surface area contributed by atoms with Gasteiger partial charge in [-0.2, -0.15) is 0 Å². The molecule has 1 rings (SSSR count). The van der Waals surface area contributed by atoms with Crippen LogP contribution in [0.25, 0.3) is 0 Å². The maximum atomic E-state index is 11.1. The third-order valence-electron chi connectivity index (χ3n) is 2.03. The molecule has 1 fully saturated rings. The number of hydrogen-bond donors (Lipinski definition) is 1. The summed E-state index contributed by atoms with van der Waals surface area (Å²) in [5, 5.41) is 2.91. The van der Waals surface area contributed by atoms with Gasteiger partial charge in [0.2, 0.25) is 5.91 Å². The molecule has 0 aliphatic carbocycles. The molecule has 2 unspecified atom stereocenters. The fraction of sp³-hybridized carbons (Fsp3) is 0.875. The van der Waals surface area contributed by atoms with Crippen molar-refractivity contribution in [1.29, 1.82) is 0 Å². The maximum absolute atomic E-state index is 11.1. The van der Waals surface area contributed by atoms with Crippen molar-refractivity contribution in [2.75, 3.05) is 0 Å². The Balaban J connectivity index is 2.39. The van der Waals surface area contributed by atoms with Crippen LogP contribution in [0.4, 0.5) is 0 Å². The molecule has 0 bridgehead atoms. The van der Waals surface area contributed by atoms with Crippen molar-refractivity contribution < 1.29 is 4.79 Å². The van der Waals surface area contributed by atoms with Gasteiger partial charge in [-0.3, -0.25) is 4.79 Å². The topological polar surface area (TPSA) is 29.1 Å². The monoisotopic (exact) mass is 141 g/mol. The van der Waals surface area contributed by atoms with E-state index in [0.717, 1.165) is 19.3 Å². The van der Waals surface area contributed by atoms with E-state index in [0.29, 0.717) is 12.0 Å². The van der Waals surface area contributed by atoms with Crippen LogP contribution in [0.3, 0.4) is 0 Å². The van der Waals surface area contributed by atoms with Crippen molar-refractivity contribution in [2.45, 2.75) is 39.2 Å². The Hall–Kier alpha value is -0.530. The number of hydrogen-bond acceptors (Lipinski definition) is 1. The summed E-state index contributed by atoms with van der Waals surface area (Å²) >= 11 is 0. The minimum absolute atomic E-state index is 0.259. The average Bonchev–Trinajstić information content (AvgIpc) is 2.13. The smallest absolute Gasteiger partial charge is 0.223 e. The van der Waals surface area contributed by atoms with Crippen LogP contribution in [0.5, 0.6) is 0 Å². The third kappa shape index (κ3) is 1.49. The van der Waals surface area contributed by atoms with E-state index in [4.69, 9.17) is 0 Å². The van der Waals surface area contributed by atoms with Crippen LogP contribution in [-0.2, 0) is 4.79 Å². The predicted molar refractivity (Wildman–Crippen MR) is 40.6 cm³/mol. The van der Waals surface area contributed by atoms with E-state index >= 15 is 0 Å². The molecule has 2 heteroatoms. The van der Waals surface area contributed by atoms with E-state index in [9.17, 15) is 4.79 Å². The molecule has 0 aromatic rings. The molecule has 1 heterocycles. The van der Waals surface area contributed by atoms with E-state index < -0.39 is 0 Å². The van der Waals surface area contributed by atoms with Gasteiger partial charge < -0.3 is 5.32 Å². The van der Waals surface area contributed by atoms with E-state index in [1.165, 1.54) is 0 Å². The second-order valence-corrected chi connectivity index (χ2v) is 3.13. The predicted octanol–water partition coefficient (Wildman–Crippen LogP) is 1.31. The number of nitrogens with one attached hydrogen (secondary N) is 1. The number of rotatable bonds is 2. The first-order valence-corrected chi connectivity index (χ1v) is 4.04. The fourth-order valence-electron chi connectivity index (χ4n) is 1.55. The first-order chi connectivity index (χ1) is 4.74. The van der Waals surface area contributed by atoms with E-state index in [1.807, 2.05) is 0 Å². The second kappa shape index (κ2) is 3.04. The fourth-order valence-corrected chi connectivity index (χ4v) is 1.55. The molecule has 58 valence electrons. The Bertz CT molecular complexity index is 133. The first-order valence-electron chi connectivity index (χ1n) is 4.04. The molecular formula is C8H15NO. The van der Waals surface area contributed by atoms with Gasteiger partial charge in [0.05, 0.1) is 0 Å². The van der Waals surface area contributed by atoms with Gasteiger partial charge in [-0.15, -0.1) is 0 Å². The van der Waals surface area contributed by atoms with Crippen LogP contribution in [0.1, 0.15) is 33.1 Å².